The molecule has 1 aliphatic rings. The largest absolute Gasteiger partial charge is 0.382 e. The third kappa shape index (κ3) is 7.92. The summed E-state index contributed by atoms with van der Waals surface area (Å²) >= 11 is 0. The molecule has 2 rings (SSSR count). The quantitative estimate of drug-likeness (QED) is 0.228. The van der Waals surface area contributed by atoms with E-state index in [4.69, 9.17) is 9.26 Å². The van der Waals surface area contributed by atoms with Crippen LogP contribution in [0.15, 0.2) is 21.8 Å². The molecule has 0 spiro atoms. The van der Waals surface area contributed by atoms with Crippen molar-refractivity contribution in [1.82, 2.24) is 19.7 Å². The molecule has 0 radical (unpaired) electrons. The molecular formula is C16H30IN5O4S. The number of sulfonamides is 1. The molecule has 1 fully saturated rings. The van der Waals surface area contributed by atoms with Crippen LogP contribution in [0.5, 0.6) is 0 Å². The Labute approximate surface area is 178 Å². The van der Waals surface area contributed by atoms with Gasteiger partial charge in [0, 0.05) is 58.5 Å². The maximum Gasteiger partial charge on any atom is 0.220 e. The highest BCUT2D eigenvalue weighted by atomic mass is 127. The van der Waals surface area contributed by atoms with E-state index in [9.17, 15) is 8.42 Å². The number of aromatic nitrogens is 1. The highest BCUT2D eigenvalue weighted by Crippen LogP contribution is 2.13. The monoisotopic (exact) mass is 515 g/mol. The second-order valence-corrected chi connectivity index (χ2v) is 7.89. The maximum atomic E-state index is 12.5. The highest BCUT2D eigenvalue weighted by Gasteiger charge is 2.28. The fourth-order valence-electron chi connectivity index (χ4n) is 2.69. The second-order valence-electron chi connectivity index (χ2n) is 5.92. The minimum atomic E-state index is -3.39. The van der Waals surface area contributed by atoms with Crippen molar-refractivity contribution in [2.45, 2.75) is 26.0 Å². The summed E-state index contributed by atoms with van der Waals surface area (Å²) in [4.78, 5) is 6.72. The van der Waals surface area contributed by atoms with Gasteiger partial charge in [-0.3, -0.25) is 4.99 Å². The van der Waals surface area contributed by atoms with E-state index < -0.39 is 10.0 Å². The van der Waals surface area contributed by atoms with E-state index in [1.165, 1.54) is 10.6 Å². The van der Waals surface area contributed by atoms with Crippen molar-refractivity contribution in [2.75, 3.05) is 52.5 Å². The molecule has 9 nitrogen and oxygen atoms in total. The Balaban J connectivity index is 0.00000364. The van der Waals surface area contributed by atoms with Gasteiger partial charge in [0.05, 0.1) is 5.69 Å². The van der Waals surface area contributed by atoms with Crippen LogP contribution in [0.3, 0.4) is 0 Å². The molecule has 1 aromatic heterocycles. The maximum absolute atomic E-state index is 12.5. The standard InChI is InChI=1S/C16H29N5O4S.HI/c1-3-17-16(18-7-5-12-24-4-2)20-8-10-21(11-9-20)26(22,23)14-15-6-13-25-19-15;/h6,13H,3-5,7-12,14H2,1-2H3,(H,17,18);1H. The summed E-state index contributed by atoms with van der Waals surface area (Å²) in [6, 6.07) is 1.58. The normalized spacial score (nSPS) is 16.2. The summed E-state index contributed by atoms with van der Waals surface area (Å²) in [5.41, 5.74) is 0.427. The van der Waals surface area contributed by atoms with Crippen LogP contribution in [-0.4, -0.2) is 81.2 Å². The number of halogens is 1. The Hall–Kier alpha value is -0.920. The van der Waals surface area contributed by atoms with Crippen LogP contribution in [0.1, 0.15) is 26.0 Å². The van der Waals surface area contributed by atoms with Gasteiger partial charge < -0.3 is 19.5 Å². The van der Waals surface area contributed by atoms with Crippen LogP contribution in [-0.2, 0) is 20.5 Å². The number of guanidine groups is 1. The van der Waals surface area contributed by atoms with E-state index in [0.29, 0.717) is 51.6 Å². The minimum absolute atomic E-state index is 0. The van der Waals surface area contributed by atoms with Crippen LogP contribution in [0.4, 0.5) is 0 Å². The number of nitrogens with zero attached hydrogens (tertiary/aromatic N) is 4. The number of ether oxygens (including phenoxy) is 1. The van der Waals surface area contributed by atoms with Crippen molar-refractivity contribution in [3.8, 4) is 0 Å². The van der Waals surface area contributed by atoms with Gasteiger partial charge >= 0.3 is 0 Å². The van der Waals surface area contributed by atoms with Gasteiger partial charge in [-0.1, -0.05) is 5.16 Å². The zero-order valence-corrected chi connectivity index (χ0v) is 19.1. The lowest BCUT2D eigenvalue weighted by molar-refractivity contribution is 0.146. The zero-order valence-electron chi connectivity index (χ0n) is 16.0. The van der Waals surface area contributed by atoms with Crippen molar-refractivity contribution < 1.29 is 17.7 Å². The summed E-state index contributed by atoms with van der Waals surface area (Å²) in [5.74, 6) is 0.701. The van der Waals surface area contributed by atoms with Crippen molar-refractivity contribution in [1.29, 1.82) is 0 Å². The van der Waals surface area contributed by atoms with Gasteiger partial charge in [-0.2, -0.15) is 4.31 Å². The number of piperazine rings is 1. The molecule has 0 atom stereocenters. The summed E-state index contributed by atoms with van der Waals surface area (Å²) in [6.45, 7) is 8.96. The number of rotatable bonds is 9. The first-order chi connectivity index (χ1) is 12.6. The van der Waals surface area contributed by atoms with Crippen LogP contribution >= 0.6 is 24.0 Å². The van der Waals surface area contributed by atoms with Crippen LogP contribution in [0.2, 0.25) is 0 Å². The molecule has 1 aromatic rings. The number of hydrogen-bond donors (Lipinski definition) is 1. The third-order valence-corrected chi connectivity index (χ3v) is 5.81. The summed E-state index contributed by atoms with van der Waals surface area (Å²) in [5, 5.41) is 6.97. The van der Waals surface area contributed by atoms with Gasteiger partial charge in [-0.05, 0) is 20.3 Å². The Bertz CT molecular complexity index is 646. The smallest absolute Gasteiger partial charge is 0.220 e. The third-order valence-electron chi connectivity index (χ3n) is 4.00. The molecule has 27 heavy (non-hydrogen) atoms. The number of aliphatic imine (C=N–C) groups is 1. The predicted octanol–water partition coefficient (Wildman–Crippen LogP) is 1.13. The van der Waals surface area contributed by atoms with Crippen molar-refractivity contribution in [3.05, 3.63) is 18.0 Å². The molecule has 0 bridgehead atoms. The number of hydrogen-bond acceptors (Lipinski definition) is 6. The molecule has 0 unspecified atom stereocenters. The molecule has 0 aromatic carbocycles. The van der Waals surface area contributed by atoms with Gasteiger partial charge in [0.2, 0.25) is 10.0 Å². The molecule has 1 N–H and O–H groups in total. The van der Waals surface area contributed by atoms with Crippen LogP contribution < -0.4 is 5.32 Å². The van der Waals surface area contributed by atoms with E-state index in [1.54, 1.807) is 6.07 Å². The lowest BCUT2D eigenvalue weighted by Gasteiger charge is -2.35. The number of nitrogens with one attached hydrogen (secondary N) is 1. The lowest BCUT2D eigenvalue weighted by atomic mass is 10.4. The molecule has 2 heterocycles. The van der Waals surface area contributed by atoms with Gasteiger partial charge in [0.15, 0.2) is 5.96 Å². The Morgan fingerprint density at radius 2 is 2.07 bits per heavy atom. The molecule has 156 valence electrons. The Morgan fingerprint density at radius 3 is 2.67 bits per heavy atom. The molecule has 11 heteroatoms. The summed E-state index contributed by atoms with van der Waals surface area (Å²) in [7, 11) is -3.39. The minimum Gasteiger partial charge on any atom is -0.382 e. The summed E-state index contributed by atoms with van der Waals surface area (Å²) in [6.07, 6.45) is 2.25. The van der Waals surface area contributed by atoms with Crippen LogP contribution in [0.25, 0.3) is 0 Å². The van der Waals surface area contributed by atoms with Crippen molar-refractivity contribution >= 4 is 40.0 Å². The Morgan fingerprint density at radius 1 is 1.33 bits per heavy atom. The van der Waals surface area contributed by atoms with E-state index in [-0.39, 0.29) is 29.7 Å². The highest BCUT2D eigenvalue weighted by molar-refractivity contribution is 14.0. The molecule has 0 aliphatic carbocycles. The topological polar surface area (TPSA) is 100 Å². The van der Waals surface area contributed by atoms with Crippen molar-refractivity contribution in [2.24, 2.45) is 4.99 Å². The van der Waals surface area contributed by atoms with E-state index >= 15 is 0 Å². The zero-order chi connectivity index (χ0) is 18.8. The molecule has 1 saturated heterocycles. The first-order valence-electron chi connectivity index (χ1n) is 9.05. The average Bonchev–Trinajstić information content (AvgIpc) is 3.13. The van der Waals surface area contributed by atoms with Gasteiger partial charge in [0.25, 0.3) is 0 Å². The average molecular weight is 515 g/mol. The molecule has 1 aliphatic heterocycles. The van der Waals surface area contributed by atoms with E-state index in [0.717, 1.165) is 18.9 Å². The van der Waals surface area contributed by atoms with E-state index in [2.05, 4.69) is 20.4 Å². The fraction of sp³-hybridized carbons (Fsp3) is 0.750. The van der Waals surface area contributed by atoms with Crippen molar-refractivity contribution in [3.63, 3.8) is 0 Å². The molecule has 0 amide bonds. The fourth-order valence-corrected chi connectivity index (χ4v) is 4.11. The molecular weight excluding hydrogens is 485 g/mol. The van der Waals surface area contributed by atoms with Gasteiger partial charge in [-0.25, -0.2) is 8.42 Å². The molecule has 0 saturated carbocycles. The lowest BCUT2D eigenvalue weighted by Crippen LogP contribution is -2.53. The van der Waals surface area contributed by atoms with Crippen LogP contribution in [0, 0.1) is 0 Å². The first-order valence-corrected chi connectivity index (χ1v) is 10.7. The SMILES string of the molecule is CCNC(=NCCCOCC)N1CCN(S(=O)(=O)Cc2ccon2)CC1.I. The van der Waals surface area contributed by atoms with Gasteiger partial charge in [0.1, 0.15) is 12.0 Å². The second kappa shape index (κ2) is 12.5. The Kier molecular flexibility index (Phi) is 11.2. The first kappa shape index (κ1) is 24.1. The van der Waals surface area contributed by atoms with Gasteiger partial charge in [-0.15, -0.1) is 24.0 Å². The van der Waals surface area contributed by atoms with E-state index in [1.807, 2.05) is 13.8 Å². The summed E-state index contributed by atoms with van der Waals surface area (Å²) < 4.78 is 36.5. The predicted molar refractivity (Wildman–Crippen MR) is 115 cm³/mol.